The molecule has 0 aliphatic heterocycles. The van der Waals surface area contributed by atoms with Crippen molar-refractivity contribution in [2.45, 2.75) is 65.1 Å². The number of hydrogen-bond acceptors (Lipinski definition) is 2. The van der Waals surface area contributed by atoms with Gasteiger partial charge in [0.15, 0.2) is 0 Å². The SMILES string of the molecule is CC1(C)[C@H]2[C@H]1CC[C@H](O)[C@@]1(C)CC[C@](C)(O)[C@H]21. The van der Waals surface area contributed by atoms with Crippen molar-refractivity contribution in [3.63, 3.8) is 0 Å². The van der Waals surface area contributed by atoms with E-state index in [2.05, 4.69) is 20.8 Å². The van der Waals surface area contributed by atoms with E-state index in [0.29, 0.717) is 17.3 Å². The van der Waals surface area contributed by atoms with Crippen LogP contribution < -0.4 is 0 Å². The first-order valence-electron chi connectivity index (χ1n) is 7.12. The Morgan fingerprint density at radius 2 is 1.65 bits per heavy atom. The number of hydrogen-bond donors (Lipinski definition) is 2. The van der Waals surface area contributed by atoms with Crippen LogP contribution in [0.25, 0.3) is 0 Å². The number of rotatable bonds is 0. The molecule has 2 N–H and O–H groups in total. The van der Waals surface area contributed by atoms with Gasteiger partial charge in [0.2, 0.25) is 0 Å². The van der Waals surface area contributed by atoms with E-state index in [0.717, 1.165) is 25.7 Å². The highest BCUT2D eigenvalue weighted by molar-refractivity contribution is 5.19. The Kier molecular flexibility index (Phi) is 2.17. The molecule has 0 saturated heterocycles. The number of aliphatic hydroxyl groups is 2. The maximum Gasteiger partial charge on any atom is 0.0657 e. The lowest BCUT2D eigenvalue weighted by molar-refractivity contribution is -0.0674. The fourth-order valence-electron chi connectivity index (χ4n) is 5.38. The Morgan fingerprint density at radius 3 is 2.29 bits per heavy atom. The summed E-state index contributed by atoms with van der Waals surface area (Å²) in [5, 5.41) is 21.2. The van der Waals surface area contributed by atoms with Gasteiger partial charge in [0.1, 0.15) is 0 Å². The van der Waals surface area contributed by atoms with Crippen LogP contribution in [0.3, 0.4) is 0 Å². The number of aliphatic hydroxyl groups excluding tert-OH is 1. The van der Waals surface area contributed by atoms with Crippen molar-refractivity contribution >= 4 is 0 Å². The molecule has 0 aromatic carbocycles. The van der Waals surface area contributed by atoms with Gasteiger partial charge in [-0.2, -0.15) is 0 Å². The molecule has 3 saturated carbocycles. The molecule has 0 spiro atoms. The molecule has 0 aromatic heterocycles. The van der Waals surface area contributed by atoms with Crippen LogP contribution in [0.1, 0.15) is 53.4 Å². The second-order valence-electron chi connectivity index (χ2n) is 7.89. The van der Waals surface area contributed by atoms with Gasteiger partial charge in [-0.3, -0.25) is 0 Å². The quantitative estimate of drug-likeness (QED) is 0.681. The average molecular weight is 238 g/mol. The summed E-state index contributed by atoms with van der Waals surface area (Å²) in [4.78, 5) is 0. The number of fused-ring (bicyclic) bond motifs is 3. The van der Waals surface area contributed by atoms with E-state index in [1.807, 2.05) is 6.92 Å². The summed E-state index contributed by atoms with van der Waals surface area (Å²) in [6.45, 7) is 8.89. The van der Waals surface area contributed by atoms with E-state index >= 15 is 0 Å². The minimum Gasteiger partial charge on any atom is -0.393 e. The molecule has 2 nitrogen and oxygen atoms in total. The molecule has 0 bridgehead atoms. The van der Waals surface area contributed by atoms with Crippen LogP contribution in [-0.2, 0) is 0 Å². The third-order valence-electron chi connectivity index (χ3n) is 6.56. The molecule has 6 atom stereocenters. The van der Waals surface area contributed by atoms with Crippen molar-refractivity contribution < 1.29 is 10.2 Å². The topological polar surface area (TPSA) is 40.5 Å². The lowest BCUT2D eigenvalue weighted by Crippen LogP contribution is -2.44. The summed E-state index contributed by atoms with van der Waals surface area (Å²) in [5.74, 6) is 1.61. The van der Waals surface area contributed by atoms with Gasteiger partial charge >= 0.3 is 0 Å². The lowest BCUT2D eigenvalue weighted by Gasteiger charge is -2.40. The highest BCUT2D eigenvalue weighted by Gasteiger charge is 2.71. The van der Waals surface area contributed by atoms with Gasteiger partial charge < -0.3 is 10.2 Å². The van der Waals surface area contributed by atoms with Crippen LogP contribution in [-0.4, -0.2) is 21.9 Å². The van der Waals surface area contributed by atoms with Crippen molar-refractivity contribution in [1.82, 2.24) is 0 Å². The van der Waals surface area contributed by atoms with Crippen molar-refractivity contribution in [1.29, 1.82) is 0 Å². The summed E-state index contributed by atoms with van der Waals surface area (Å²) in [7, 11) is 0. The molecule has 0 amide bonds. The summed E-state index contributed by atoms with van der Waals surface area (Å²) in [6.07, 6.45) is 3.68. The second-order valence-corrected chi connectivity index (χ2v) is 7.89. The molecular weight excluding hydrogens is 212 g/mol. The maximum atomic E-state index is 10.7. The monoisotopic (exact) mass is 238 g/mol. The standard InChI is InChI=1S/C15H26O2/c1-13(2)9-5-6-10(16)14(3)7-8-15(4,17)12(14)11(9)13/h9-12,16-17H,5-8H2,1-4H3/t9-,10+,11+,12-,14-,15+/m1/s1. The van der Waals surface area contributed by atoms with Gasteiger partial charge in [0, 0.05) is 0 Å². The Hall–Kier alpha value is -0.0800. The van der Waals surface area contributed by atoms with Crippen LogP contribution in [0, 0.1) is 28.6 Å². The first-order valence-corrected chi connectivity index (χ1v) is 7.12. The van der Waals surface area contributed by atoms with E-state index in [-0.39, 0.29) is 17.4 Å². The fourth-order valence-corrected chi connectivity index (χ4v) is 5.38. The molecule has 3 aliphatic carbocycles. The smallest absolute Gasteiger partial charge is 0.0657 e. The Balaban J connectivity index is 2.03. The molecular formula is C15H26O2. The van der Waals surface area contributed by atoms with Crippen molar-refractivity contribution in [3.05, 3.63) is 0 Å². The molecule has 0 radical (unpaired) electrons. The molecule has 3 aliphatic rings. The fraction of sp³-hybridized carbons (Fsp3) is 1.00. The predicted octanol–water partition coefficient (Wildman–Crippen LogP) is 2.58. The van der Waals surface area contributed by atoms with E-state index in [1.54, 1.807) is 0 Å². The predicted molar refractivity (Wildman–Crippen MR) is 67.5 cm³/mol. The summed E-state index contributed by atoms with van der Waals surface area (Å²) < 4.78 is 0. The minimum atomic E-state index is -0.573. The van der Waals surface area contributed by atoms with Crippen molar-refractivity contribution in [2.75, 3.05) is 0 Å². The van der Waals surface area contributed by atoms with E-state index in [4.69, 9.17) is 0 Å². The highest BCUT2D eigenvalue weighted by atomic mass is 16.3. The molecule has 0 aromatic rings. The molecule has 3 fully saturated rings. The van der Waals surface area contributed by atoms with Gasteiger partial charge in [-0.05, 0) is 61.2 Å². The lowest BCUT2D eigenvalue weighted by atomic mass is 9.68. The third kappa shape index (κ3) is 1.34. The van der Waals surface area contributed by atoms with E-state index < -0.39 is 5.60 Å². The van der Waals surface area contributed by atoms with Crippen LogP contribution >= 0.6 is 0 Å². The zero-order chi connectivity index (χ0) is 12.6. The largest absolute Gasteiger partial charge is 0.393 e. The van der Waals surface area contributed by atoms with Gasteiger partial charge in [-0.1, -0.05) is 20.8 Å². The average Bonchev–Trinajstić information content (AvgIpc) is 2.67. The zero-order valence-corrected chi connectivity index (χ0v) is 11.5. The normalized spacial score (nSPS) is 60.4. The molecule has 2 heteroatoms. The van der Waals surface area contributed by atoms with Gasteiger partial charge in [0.05, 0.1) is 11.7 Å². The first kappa shape index (κ1) is 12.0. The molecule has 17 heavy (non-hydrogen) atoms. The van der Waals surface area contributed by atoms with Crippen LogP contribution in [0.5, 0.6) is 0 Å². The zero-order valence-electron chi connectivity index (χ0n) is 11.5. The molecule has 3 rings (SSSR count). The first-order chi connectivity index (χ1) is 7.71. The summed E-state index contributed by atoms with van der Waals surface area (Å²) >= 11 is 0. The second kappa shape index (κ2) is 3.08. The van der Waals surface area contributed by atoms with Crippen LogP contribution in [0.4, 0.5) is 0 Å². The Bertz CT molecular complexity index is 347. The molecule has 98 valence electrons. The van der Waals surface area contributed by atoms with Gasteiger partial charge in [0.25, 0.3) is 0 Å². The van der Waals surface area contributed by atoms with E-state index in [9.17, 15) is 10.2 Å². The van der Waals surface area contributed by atoms with Crippen molar-refractivity contribution in [2.24, 2.45) is 28.6 Å². The van der Waals surface area contributed by atoms with Gasteiger partial charge in [-0.25, -0.2) is 0 Å². The maximum absolute atomic E-state index is 10.7. The minimum absolute atomic E-state index is 0.0588. The summed E-state index contributed by atoms with van der Waals surface area (Å²) in [5.41, 5.74) is -0.256. The molecule has 0 unspecified atom stereocenters. The van der Waals surface area contributed by atoms with Crippen LogP contribution in [0.15, 0.2) is 0 Å². The highest BCUT2D eigenvalue weighted by Crippen LogP contribution is 2.73. The van der Waals surface area contributed by atoms with Gasteiger partial charge in [-0.15, -0.1) is 0 Å². The Morgan fingerprint density at radius 1 is 1.00 bits per heavy atom. The van der Waals surface area contributed by atoms with Crippen molar-refractivity contribution in [3.8, 4) is 0 Å². The summed E-state index contributed by atoms with van der Waals surface area (Å²) in [6, 6.07) is 0. The third-order valence-corrected chi connectivity index (χ3v) is 6.56. The van der Waals surface area contributed by atoms with Crippen LogP contribution in [0.2, 0.25) is 0 Å². The molecule has 0 heterocycles. The Labute approximate surface area is 104 Å². The van der Waals surface area contributed by atoms with E-state index in [1.165, 1.54) is 0 Å².